The number of nitrogens with one attached hydrogen (secondary N) is 1. The first-order chi connectivity index (χ1) is 12.5. The Morgan fingerprint density at radius 3 is 2.50 bits per heavy atom. The average Bonchev–Trinajstić information content (AvgIpc) is 3.01. The van der Waals surface area contributed by atoms with Crippen LogP contribution >= 0.6 is 0 Å². The molecule has 2 aromatic carbocycles. The Labute approximate surface area is 150 Å². The Morgan fingerprint density at radius 2 is 1.85 bits per heavy atom. The molecule has 1 amide bonds. The number of hydrogen-bond donors (Lipinski definition) is 1. The molecule has 26 heavy (non-hydrogen) atoms. The van der Waals surface area contributed by atoms with Gasteiger partial charge in [0.2, 0.25) is 5.91 Å². The zero-order valence-electron chi connectivity index (χ0n) is 14.3. The van der Waals surface area contributed by atoms with Gasteiger partial charge in [-0.15, -0.1) is 0 Å². The van der Waals surface area contributed by atoms with Gasteiger partial charge in [-0.3, -0.25) is 14.9 Å². The molecule has 0 saturated heterocycles. The summed E-state index contributed by atoms with van der Waals surface area (Å²) >= 11 is 0. The number of amides is 1. The molecule has 0 aliphatic carbocycles. The number of nitro benzene ring substituents is 1. The van der Waals surface area contributed by atoms with E-state index in [2.05, 4.69) is 10.4 Å². The number of non-ortho nitro benzene ring substituents is 1. The third-order valence-corrected chi connectivity index (χ3v) is 3.89. The van der Waals surface area contributed by atoms with Crippen molar-refractivity contribution in [2.75, 3.05) is 5.32 Å². The SMILES string of the molecule is Cc1cc(NC(=O)CCc2ccccc2)n(-c2ccc([N+](=O)[O-])cc2)n1. The van der Waals surface area contributed by atoms with E-state index in [0.29, 0.717) is 24.3 Å². The first kappa shape index (κ1) is 17.3. The Morgan fingerprint density at radius 1 is 1.15 bits per heavy atom. The first-order valence-electron chi connectivity index (χ1n) is 8.18. The van der Waals surface area contributed by atoms with Crippen molar-refractivity contribution in [1.29, 1.82) is 0 Å². The summed E-state index contributed by atoms with van der Waals surface area (Å²) < 4.78 is 1.57. The second kappa shape index (κ2) is 7.60. The summed E-state index contributed by atoms with van der Waals surface area (Å²) in [6, 6.07) is 17.6. The topological polar surface area (TPSA) is 90.1 Å². The van der Waals surface area contributed by atoms with E-state index in [9.17, 15) is 14.9 Å². The summed E-state index contributed by atoms with van der Waals surface area (Å²) in [5.74, 6) is 0.423. The fourth-order valence-electron chi connectivity index (χ4n) is 2.61. The molecule has 0 radical (unpaired) electrons. The third-order valence-electron chi connectivity index (χ3n) is 3.89. The van der Waals surface area contributed by atoms with Crippen molar-refractivity contribution in [3.8, 4) is 5.69 Å². The summed E-state index contributed by atoms with van der Waals surface area (Å²) in [6.45, 7) is 1.82. The number of anilines is 1. The van der Waals surface area contributed by atoms with Crippen LogP contribution in [0.4, 0.5) is 11.5 Å². The molecule has 0 atom stereocenters. The van der Waals surface area contributed by atoms with E-state index in [1.54, 1.807) is 22.9 Å². The van der Waals surface area contributed by atoms with E-state index in [0.717, 1.165) is 11.3 Å². The minimum absolute atomic E-state index is 0.00562. The van der Waals surface area contributed by atoms with Crippen LogP contribution in [0, 0.1) is 17.0 Å². The smallest absolute Gasteiger partial charge is 0.269 e. The monoisotopic (exact) mass is 350 g/mol. The summed E-state index contributed by atoms with van der Waals surface area (Å²) in [4.78, 5) is 22.6. The fourth-order valence-corrected chi connectivity index (χ4v) is 2.61. The highest BCUT2D eigenvalue weighted by atomic mass is 16.6. The van der Waals surface area contributed by atoms with Gasteiger partial charge in [0.25, 0.3) is 5.69 Å². The van der Waals surface area contributed by atoms with Crippen LogP contribution in [0.5, 0.6) is 0 Å². The van der Waals surface area contributed by atoms with Crippen LogP contribution in [0.15, 0.2) is 60.7 Å². The largest absolute Gasteiger partial charge is 0.311 e. The standard InChI is InChI=1S/C19H18N4O3/c1-14-13-18(20-19(24)12-7-15-5-3-2-4-6-15)22(21-14)16-8-10-17(11-9-16)23(25)26/h2-6,8-11,13H,7,12H2,1H3,(H,20,24). The normalized spacial score (nSPS) is 10.5. The maximum Gasteiger partial charge on any atom is 0.269 e. The van der Waals surface area contributed by atoms with E-state index in [1.165, 1.54) is 12.1 Å². The van der Waals surface area contributed by atoms with Gasteiger partial charge in [-0.05, 0) is 31.0 Å². The number of carbonyl (C=O) groups is 1. The summed E-state index contributed by atoms with van der Waals surface area (Å²) in [5.41, 5.74) is 2.48. The average molecular weight is 350 g/mol. The maximum absolute atomic E-state index is 12.3. The van der Waals surface area contributed by atoms with E-state index in [1.807, 2.05) is 37.3 Å². The van der Waals surface area contributed by atoms with Crippen molar-refractivity contribution < 1.29 is 9.72 Å². The molecule has 0 spiro atoms. The van der Waals surface area contributed by atoms with Gasteiger partial charge in [-0.2, -0.15) is 5.10 Å². The molecule has 0 aliphatic heterocycles. The van der Waals surface area contributed by atoms with Crippen LogP contribution in [0.3, 0.4) is 0 Å². The zero-order valence-corrected chi connectivity index (χ0v) is 14.3. The molecular formula is C19H18N4O3. The molecule has 0 saturated carbocycles. The van der Waals surface area contributed by atoms with Crippen molar-refractivity contribution in [2.24, 2.45) is 0 Å². The van der Waals surface area contributed by atoms with Crippen LogP contribution in [0.1, 0.15) is 17.7 Å². The Balaban J connectivity index is 1.72. The highest BCUT2D eigenvalue weighted by Crippen LogP contribution is 2.20. The van der Waals surface area contributed by atoms with Crippen LogP contribution in [-0.4, -0.2) is 20.6 Å². The molecular weight excluding hydrogens is 332 g/mol. The van der Waals surface area contributed by atoms with Gasteiger partial charge in [0, 0.05) is 24.6 Å². The van der Waals surface area contributed by atoms with Crippen LogP contribution in [0.2, 0.25) is 0 Å². The predicted molar refractivity (Wildman–Crippen MR) is 98.3 cm³/mol. The Kier molecular flexibility index (Phi) is 5.07. The van der Waals surface area contributed by atoms with Gasteiger partial charge < -0.3 is 5.32 Å². The summed E-state index contributed by atoms with van der Waals surface area (Å²) in [5, 5.41) is 18.0. The molecule has 1 N–H and O–H groups in total. The summed E-state index contributed by atoms with van der Waals surface area (Å²) in [7, 11) is 0. The van der Waals surface area contributed by atoms with Gasteiger partial charge in [0.05, 0.1) is 16.3 Å². The molecule has 1 heterocycles. The number of benzene rings is 2. The maximum atomic E-state index is 12.3. The second-order valence-electron chi connectivity index (χ2n) is 5.89. The molecule has 132 valence electrons. The van der Waals surface area contributed by atoms with E-state index >= 15 is 0 Å². The van der Waals surface area contributed by atoms with Gasteiger partial charge in [-0.25, -0.2) is 4.68 Å². The zero-order chi connectivity index (χ0) is 18.5. The van der Waals surface area contributed by atoms with Crippen LogP contribution in [-0.2, 0) is 11.2 Å². The quantitative estimate of drug-likeness (QED) is 0.542. The van der Waals surface area contributed by atoms with E-state index in [-0.39, 0.29) is 11.6 Å². The van der Waals surface area contributed by atoms with Crippen molar-refractivity contribution in [3.05, 3.63) is 82.0 Å². The number of nitro groups is 1. The second-order valence-corrected chi connectivity index (χ2v) is 5.89. The highest BCUT2D eigenvalue weighted by molar-refractivity contribution is 5.90. The third kappa shape index (κ3) is 4.13. The minimum atomic E-state index is -0.454. The Hall–Kier alpha value is -3.48. The van der Waals surface area contributed by atoms with Crippen LogP contribution < -0.4 is 5.32 Å². The van der Waals surface area contributed by atoms with Gasteiger partial charge >= 0.3 is 0 Å². The lowest BCUT2D eigenvalue weighted by Crippen LogP contribution is -2.15. The number of nitrogens with zero attached hydrogens (tertiary/aromatic N) is 3. The Bertz CT molecular complexity index is 918. The van der Waals surface area contributed by atoms with Crippen LogP contribution in [0.25, 0.3) is 5.69 Å². The summed E-state index contributed by atoms with van der Waals surface area (Å²) in [6.07, 6.45) is 1.01. The highest BCUT2D eigenvalue weighted by Gasteiger charge is 2.12. The van der Waals surface area contributed by atoms with Gasteiger partial charge in [0.1, 0.15) is 5.82 Å². The molecule has 0 fully saturated rings. The predicted octanol–water partition coefficient (Wildman–Crippen LogP) is 3.66. The number of aromatic nitrogens is 2. The molecule has 0 bridgehead atoms. The van der Waals surface area contributed by atoms with Gasteiger partial charge in [0.15, 0.2) is 0 Å². The lowest BCUT2D eigenvalue weighted by molar-refractivity contribution is -0.384. The lowest BCUT2D eigenvalue weighted by Gasteiger charge is -2.09. The minimum Gasteiger partial charge on any atom is -0.311 e. The van der Waals surface area contributed by atoms with E-state index < -0.39 is 4.92 Å². The molecule has 7 heteroatoms. The molecule has 3 aromatic rings. The number of hydrogen-bond acceptors (Lipinski definition) is 4. The molecule has 3 rings (SSSR count). The van der Waals surface area contributed by atoms with Gasteiger partial charge in [-0.1, -0.05) is 30.3 Å². The number of aryl methyl sites for hydroxylation is 2. The first-order valence-corrected chi connectivity index (χ1v) is 8.18. The number of rotatable bonds is 6. The van der Waals surface area contributed by atoms with E-state index in [4.69, 9.17) is 0 Å². The lowest BCUT2D eigenvalue weighted by atomic mass is 10.1. The molecule has 7 nitrogen and oxygen atoms in total. The van der Waals surface area contributed by atoms with Crippen molar-refractivity contribution in [3.63, 3.8) is 0 Å². The molecule has 0 unspecified atom stereocenters. The molecule has 1 aromatic heterocycles. The van der Waals surface area contributed by atoms with Crippen molar-refractivity contribution >= 4 is 17.4 Å². The van der Waals surface area contributed by atoms with Crippen molar-refractivity contribution in [1.82, 2.24) is 9.78 Å². The molecule has 0 aliphatic rings. The van der Waals surface area contributed by atoms with Crippen molar-refractivity contribution in [2.45, 2.75) is 19.8 Å². The fraction of sp³-hybridized carbons (Fsp3) is 0.158. The number of carbonyl (C=O) groups excluding carboxylic acids is 1.